The lowest BCUT2D eigenvalue weighted by molar-refractivity contribution is -0.120. The van der Waals surface area contributed by atoms with Crippen LogP contribution in [0, 0.1) is 0 Å². The molecule has 1 amide bonds. The van der Waals surface area contributed by atoms with E-state index in [-0.39, 0.29) is 17.3 Å². The second-order valence-electron chi connectivity index (χ2n) is 5.25. The molecule has 4 N–H and O–H groups in total. The van der Waals surface area contributed by atoms with Crippen LogP contribution in [0.5, 0.6) is 0 Å². The summed E-state index contributed by atoms with van der Waals surface area (Å²) < 4.78 is 22.3. The molecule has 1 aromatic heterocycles. The number of hydrogen-bond donors (Lipinski definition) is 3. The van der Waals surface area contributed by atoms with E-state index in [1.165, 1.54) is 12.1 Å². The minimum absolute atomic E-state index is 0.0917. The predicted molar refractivity (Wildman–Crippen MR) is 90.5 cm³/mol. The van der Waals surface area contributed by atoms with Crippen LogP contribution in [-0.2, 0) is 27.8 Å². The maximum atomic E-state index is 11.7. The van der Waals surface area contributed by atoms with E-state index in [0.29, 0.717) is 19.5 Å². The fourth-order valence-corrected chi connectivity index (χ4v) is 2.56. The number of nitrogens with zero attached hydrogens (tertiary/aromatic N) is 1. The van der Waals surface area contributed by atoms with Gasteiger partial charge in [0, 0.05) is 18.9 Å². The first kappa shape index (κ1) is 18.1. The molecule has 0 atom stereocenters. The number of carbonyl (C=O) groups excluding carboxylic acids is 1. The lowest BCUT2D eigenvalue weighted by Crippen LogP contribution is -2.34. The molecule has 24 heavy (non-hydrogen) atoms. The molecule has 0 bridgehead atoms. The van der Waals surface area contributed by atoms with Gasteiger partial charge in [-0.05, 0) is 42.3 Å². The Morgan fingerprint density at radius 2 is 1.88 bits per heavy atom. The third-order valence-electron chi connectivity index (χ3n) is 3.34. The third-order valence-corrected chi connectivity index (χ3v) is 4.27. The highest BCUT2D eigenvalue weighted by atomic mass is 32.2. The van der Waals surface area contributed by atoms with Crippen LogP contribution >= 0.6 is 0 Å². The van der Waals surface area contributed by atoms with Gasteiger partial charge < -0.3 is 10.6 Å². The Bertz CT molecular complexity index is 762. The second-order valence-corrected chi connectivity index (χ2v) is 6.82. The van der Waals surface area contributed by atoms with E-state index in [1.54, 1.807) is 24.5 Å². The molecule has 2 rings (SSSR count). The molecule has 8 heteroatoms. The molecule has 0 aliphatic heterocycles. The molecule has 128 valence electrons. The summed E-state index contributed by atoms with van der Waals surface area (Å²) in [4.78, 5) is 15.8. The van der Waals surface area contributed by atoms with Crippen LogP contribution in [0.25, 0.3) is 0 Å². The van der Waals surface area contributed by atoms with Crippen molar-refractivity contribution in [3.8, 4) is 0 Å². The summed E-state index contributed by atoms with van der Waals surface area (Å²) in [5.74, 6) is -0.0940. The molecule has 0 fully saturated rings. The zero-order valence-electron chi connectivity index (χ0n) is 13.1. The first-order valence-corrected chi connectivity index (χ1v) is 8.98. The van der Waals surface area contributed by atoms with Gasteiger partial charge in [-0.2, -0.15) is 0 Å². The Morgan fingerprint density at radius 1 is 1.12 bits per heavy atom. The van der Waals surface area contributed by atoms with Gasteiger partial charge in [-0.15, -0.1) is 0 Å². The monoisotopic (exact) mass is 348 g/mol. The topological polar surface area (TPSA) is 114 Å². The Kier molecular flexibility index (Phi) is 6.42. The van der Waals surface area contributed by atoms with Gasteiger partial charge in [0.2, 0.25) is 15.9 Å². The van der Waals surface area contributed by atoms with Crippen molar-refractivity contribution in [1.29, 1.82) is 0 Å². The molecule has 1 heterocycles. The molecule has 2 aromatic rings. The first-order valence-electron chi connectivity index (χ1n) is 7.43. The van der Waals surface area contributed by atoms with E-state index < -0.39 is 10.0 Å². The summed E-state index contributed by atoms with van der Waals surface area (Å²) in [6.07, 6.45) is 4.07. The maximum Gasteiger partial charge on any atom is 0.238 e. The van der Waals surface area contributed by atoms with Gasteiger partial charge >= 0.3 is 0 Å². The van der Waals surface area contributed by atoms with Crippen LogP contribution in [0.3, 0.4) is 0 Å². The molecule has 0 radical (unpaired) electrons. The Labute approximate surface area is 141 Å². The van der Waals surface area contributed by atoms with Crippen LogP contribution in [-0.4, -0.2) is 32.4 Å². The minimum Gasteiger partial charge on any atom is -0.351 e. The molecule has 0 aliphatic carbocycles. The van der Waals surface area contributed by atoms with Crippen LogP contribution in [0.4, 0.5) is 0 Å². The quantitative estimate of drug-likeness (QED) is 0.589. The Hall–Kier alpha value is -2.29. The number of primary sulfonamides is 1. The fourth-order valence-electron chi connectivity index (χ4n) is 2.05. The van der Waals surface area contributed by atoms with Gasteiger partial charge in [-0.25, -0.2) is 13.6 Å². The Balaban J connectivity index is 1.66. The van der Waals surface area contributed by atoms with E-state index in [9.17, 15) is 13.2 Å². The molecule has 1 aromatic carbocycles. The molecular weight excluding hydrogens is 328 g/mol. The number of rotatable bonds is 8. The van der Waals surface area contributed by atoms with Crippen LogP contribution < -0.4 is 15.8 Å². The van der Waals surface area contributed by atoms with Gasteiger partial charge in [-0.3, -0.25) is 9.78 Å². The first-order chi connectivity index (χ1) is 11.4. The predicted octanol–water partition coefficient (Wildman–Crippen LogP) is 0.178. The molecule has 0 saturated carbocycles. The second kappa shape index (κ2) is 8.53. The standard InChI is InChI=1S/C16H20N4O3S/c17-24(22,23)15-5-3-13(4-6-15)7-9-19-12-16(21)20-11-14-2-1-8-18-10-14/h1-6,8,10,19H,7,9,11-12H2,(H,20,21)(H2,17,22,23). The number of sulfonamides is 1. The van der Waals surface area contributed by atoms with Crippen molar-refractivity contribution in [2.75, 3.05) is 13.1 Å². The van der Waals surface area contributed by atoms with Gasteiger partial charge in [0.25, 0.3) is 0 Å². The summed E-state index contributed by atoms with van der Waals surface area (Å²) in [6.45, 7) is 1.27. The van der Waals surface area contributed by atoms with Crippen LogP contribution in [0.15, 0.2) is 53.7 Å². The maximum absolute atomic E-state index is 11.7. The highest BCUT2D eigenvalue weighted by Gasteiger charge is 2.06. The fraction of sp³-hybridized carbons (Fsp3) is 0.250. The number of carbonyl (C=O) groups is 1. The average Bonchev–Trinajstić information content (AvgIpc) is 2.57. The number of hydrogen-bond acceptors (Lipinski definition) is 5. The average molecular weight is 348 g/mol. The van der Waals surface area contributed by atoms with Crippen LogP contribution in [0.1, 0.15) is 11.1 Å². The van der Waals surface area contributed by atoms with E-state index in [1.807, 2.05) is 12.1 Å². The van der Waals surface area contributed by atoms with E-state index in [2.05, 4.69) is 15.6 Å². The van der Waals surface area contributed by atoms with Gasteiger partial charge in [0.1, 0.15) is 0 Å². The lowest BCUT2D eigenvalue weighted by Gasteiger charge is -2.07. The molecule has 0 unspecified atom stereocenters. The molecular formula is C16H20N4O3S. The zero-order valence-corrected chi connectivity index (χ0v) is 13.9. The van der Waals surface area contributed by atoms with Crippen molar-refractivity contribution in [3.63, 3.8) is 0 Å². The minimum atomic E-state index is -3.66. The number of nitrogens with two attached hydrogens (primary N) is 1. The number of pyridine rings is 1. The summed E-state index contributed by atoms with van der Waals surface area (Å²) >= 11 is 0. The number of benzene rings is 1. The van der Waals surface area contributed by atoms with Gasteiger partial charge in [-0.1, -0.05) is 18.2 Å². The summed E-state index contributed by atoms with van der Waals surface area (Å²) in [6, 6.07) is 10.1. The van der Waals surface area contributed by atoms with Gasteiger partial charge in [0.15, 0.2) is 0 Å². The summed E-state index contributed by atoms with van der Waals surface area (Å²) in [7, 11) is -3.66. The summed E-state index contributed by atoms with van der Waals surface area (Å²) in [5.41, 5.74) is 1.91. The van der Waals surface area contributed by atoms with Crippen molar-refractivity contribution in [3.05, 3.63) is 59.9 Å². The lowest BCUT2D eigenvalue weighted by atomic mass is 10.1. The number of nitrogens with one attached hydrogen (secondary N) is 2. The summed E-state index contributed by atoms with van der Waals surface area (Å²) in [5, 5.41) is 10.9. The van der Waals surface area contributed by atoms with Gasteiger partial charge in [0.05, 0.1) is 11.4 Å². The van der Waals surface area contributed by atoms with Crippen molar-refractivity contribution < 1.29 is 13.2 Å². The van der Waals surface area contributed by atoms with E-state index in [4.69, 9.17) is 5.14 Å². The molecule has 0 saturated heterocycles. The SMILES string of the molecule is NS(=O)(=O)c1ccc(CCNCC(=O)NCc2cccnc2)cc1. The van der Waals surface area contributed by atoms with Crippen molar-refractivity contribution in [2.45, 2.75) is 17.9 Å². The smallest absolute Gasteiger partial charge is 0.238 e. The van der Waals surface area contributed by atoms with E-state index >= 15 is 0 Å². The molecule has 0 aliphatic rings. The number of aromatic nitrogens is 1. The zero-order chi connectivity index (χ0) is 17.4. The molecule has 0 spiro atoms. The molecule has 7 nitrogen and oxygen atoms in total. The van der Waals surface area contributed by atoms with Crippen molar-refractivity contribution >= 4 is 15.9 Å². The largest absolute Gasteiger partial charge is 0.351 e. The highest BCUT2D eigenvalue weighted by molar-refractivity contribution is 7.89. The Morgan fingerprint density at radius 3 is 2.50 bits per heavy atom. The normalized spacial score (nSPS) is 11.2. The van der Waals surface area contributed by atoms with Crippen molar-refractivity contribution in [1.82, 2.24) is 15.6 Å². The highest BCUT2D eigenvalue weighted by Crippen LogP contribution is 2.08. The number of amides is 1. The third kappa shape index (κ3) is 6.07. The van der Waals surface area contributed by atoms with Crippen LogP contribution in [0.2, 0.25) is 0 Å². The van der Waals surface area contributed by atoms with E-state index in [0.717, 1.165) is 11.1 Å². The van der Waals surface area contributed by atoms with Crippen molar-refractivity contribution in [2.24, 2.45) is 5.14 Å².